The summed E-state index contributed by atoms with van der Waals surface area (Å²) in [5.74, 6) is 0.00812. The number of piperazine rings is 1. The van der Waals surface area contributed by atoms with Crippen LogP contribution in [-0.4, -0.2) is 36.0 Å². The molecule has 1 aromatic carbocycles. The van der Waals surface area contributed by atoms with Gasteiger partial charge in [0.15, 0.2) is 0 Å². The van der Waals surface area contributed by atoms with Gasteiger partial charge >= 0.3 is 0 Å². The van der Waals surface area contributed by atoms with Crippen LogP contribution in [-0.2, 0) is 0 Å². The Morgan fingerprint density at radius 1 is 1.21 bits per heavy atom. The second kappa shape index (κ2) is 6.80. The number of nitrogens with zero attached hydrogens (tertiary/aromatic N) is 1. The van der Waals surface area contributed by atoms with Crippen LogP contribution < -0.4 is 5.32 Å². The minimum atomic E-state index is 0. The van der Waals surface area contributed by atoms with Gasteiger partial charge in [0.2, 0.25) is 0 Å². The molecule has 1 N–H and O–H groups in total. The first-order chi connectivity index (χ1) is 8.47. The molecule has 1 amide bonds. The molecule has 0 spiro atoms. The van der Waals surface area contributed by atoms with E-state index in [4.69, 9.17) is 23.2 Å². The van der Waals surface area contributed by atoms with Gasteiger partial charge in [0.25, 0.3) is 5.91 Å². The summed E-state index contributed by atoms with van der Waals surface area (Å²) >= 11 is 11.8. The third-order valence-corrected chi connectivity index (χ3v) is 3.75. The highest BCUT2D eigenvalue weighted by Crippen LogP contribution is 2.23. The van der Waals surface area contributed by atoms with Gasteiger partial charge in [0.05, 0.1) is 10.0 Å². The molecule has 0 aliphatic carbocycles. The second-order valence-electron chi connectivity index (χ2n) is 4.81. The van der Waals surface area contributed by atoms with Crippen molar-refractivity contribution >= 4 is 41.5 Å². The first-order valence-electron chi connectivity index (χ1n) is 5.97. The molecule has 0 bridgehead atoms. The summed E-state index contributed by atoms with van der Waals surface area (Å²) < 4.78 is 0. The molecule has 0 saturated carbocycles. The van der Waals surface area contributed by atoms with Crippen molar-refractivity contribution in [1.82, 2.24) is 10.2 Å². The Balaban J connectivity index is 0.00000180. The Bertz CT molecular complexity index is 457. The van der Waals surface area contributed by atoms with Crippen molar-refractivity contribution in [2.45, 2.75) is 25.9 Å². The Hall–Kier alpha value is -0.480. The van der Waals surface area contributed by atoms with Crippen molar-refractivity contribution in [2.75, 3.05) is 13.1 Å². The number of hydrogen-bond acceptors (Lipinski definition) is 2. The molecule has 0 radical (unpaired) electrons. The van der Waals surface area contributed by atoms with Crippen LogP contribution in [0.2, 0.25) is 10.0 Å². The molecule has 2 atom stereocenters. The van der Waals surface area contributed by atoms with Crippen LogP contribution in [0.15, 0.2) is 18.2 Å². The minimum absolute atomic E-state index is 0. The van der Waals surface area contributed by atoms with Crippen LogP contribution >= 0.6 is 35.6 Å². The number of carbonyl (C=O) groups is 1. The van der Waals surface area contributed by atoms with E-state index in [2.05, 4.69) is 19.2 Å². The zero-order valence-electron chi connectivity index (χ0n) is 10.8. The Morgan fingerprint density at radius 3 is 2.32 bits per heavy atom. The van der Waals surface area contributed by atoms with Crippen LogP contribution in [0.25, 0.3) is 0 Å². The number of hydrogen-bond donors (Lipinski definition) is 1. The van der Waals surface area contributed by atoms with Crippen molar-refractivity contribution < 1.29 is 4.79 Å². The Labute approximate surface area is 129 Å². The first-order valence-corrected chi connectivity index (χ1v) is 6.73. The molecule has 1 aromatic rings. The summed E-state index contributed by atoms with van der Waals surface area (Å²) in [5, 5.41) is 4.28. The van der Waals surface area contributed by atoms with E-state index in [1.165, 1.54) is 0 Å². The zero-order valence-corrected chi connectivity index (χ0v) is 13.1. The Kier molecular flexibility index (Phi) is 5.93. The predicted molar refractivity (Wildman–Crippen MR) is 81.7 cm³/mol. The Morgan fingerprint density at radius 2 is 1.79 bits per heavy atom. The maximum atomic E-state index is 12.4. The number of nitrogens with one attached hydrogen (secondary N) is 1. The second-order valence-corrected chi connectivity index (χ2v) is 5.62. The third-order valence-electron chi connectivity index (χ3n) is 3.01. The van der Waals surface area contributed by atoms with Crippen LogP contribution in [0.3, 0.4) is 0 Å². The highest BCUT2D eigenvalue weighted by Gasteiger charge is 2.25. The molecule has 3 nitrogen and oxygen atoms in total. The standard InChI is InChI=1S/C13H16Cl2N2O.ClH/c1-8-6-17(7-9(2)16-8)13(18)10-3-4-11(14)12(15)5-10;/h3-5,8-9,16H,6-7H2,1-2H3;1H. The van der Waals surface area contributed by atoms with E-state index in [1.54, 1.807) is 18.2 Å². The molecule has 6 heteroatoms. The van der Waals surface area contributed by atoms with Gasteiger partial charge < -0.3 is 10.2 Å². The maximum absolute atomic E-state index is 12.4. The lowest BCUT2D eigenvalue weighted by atomic mass is 10.1. The number of rotatable bonds is 1. The fraction of sp³-hybridized carbons (Fsp3) is 0.462. The first kappa shape index (κ1) is 16.6. The number of halogens is 3. The van der Waals surface area contributed by atoms with Crippen LogP contribution in [0, 0.1) is 0 Å². The monoisotopic (exact) mass is 322 g/mol. The van der Waals surface area contributed by atoms with Gasteiger partial charge in [-0.25, -0.2) is 0 Å². The van der Waals surface area contributed by atoms with Gasteiger partial charge in [-0.2, -0.15) is 0 Å². The molecular weight excluding hydrogens is 307 g/mol. The average molecular weight is 324 g/mol. The molecule has 2 rings (SSSR count). The number of amides is 1. The molecule has 2 unspecified atom stereocenters. The summed E-state index contributed by atoms with van der Waals surface area (Å²) in [4.78, 5) is 14.2. The van der Waals surface area contributed by atoms with Gasteiger partial charge in [-0.1, -0.05) is 23.2 Å². The lowest BCUT2D eigenvalue weighted by Gasteiger charge is -2.36. The molecule has 19 heavy (non-hydrogen) atoms. The topological polar surface area (TPSA) is 32.3 Å². The molecule has 1 aliphatic rings. The van der Waals surface area contributed by atoms with Gasteiger partial charge in [0.1, 0.15) is 0 Å². The van der Waals surface area contributed by atoms with Crippen molar-refractivity contribution in [2.24, 2.45) is 0 Å². The summed E-state index contributed by atoms with van der Waals surface area (Å²) in [5.41, 5.74) is 0.589. The van der Waals surface area contributed by atoms with Gasteiger partial charge in [-0.15, -0.1) is 12.4 Å². The van der Waals surface area contributed by atoms with Crippen molar-refractivity contribution in [3.05, 3.63) is 33.8 Å². The van der Waals surface area contributed by atoms with E-state index >= 15 is 0 Å². The summed E-state index contributed by atoms with van der Waals surface area (Å²) in [6.45, 7) is 5.57. The molecule has 0 aromatic heterocycles. The number of benzene rings is 1. The number of carbonyl (C=O) groups excluding carboxylic acids is 1. The van der Waals surface area contributed by atoms with Gasteiger partial charge in [-0.3, -0.25) is 4.79 Å². The molecule has 1 saturated heterocycles. The fourth-order valence-electron chi connectivity index (χ4n) is 2.30. The van der Waals surface area contributed by atoms with Crippen LogP contribution in [0.4, 0.5) is 0 Å². The summed E-state index contributed by atoms with van der Waals surface area (Å²) in [6.07, 6.45) is 0. The van der Waals surface area contributed by atoms with Crippen molar-refractivity contribution in [1.29, 1.82) is 0 Å². The largest absolute Gasteiger partial charge is 0.336 e. The zero-order chi connectivity index (χ0) is 13.3. The maximum Gasteiger partial charge on any atom is 0.254 e. The van der Waals surface area contributed by atoms with Gasteiger partial charge in [-0.05, 0) is 32.0 Å². The highest BCUT2D eigenvalue weighted by molar-refractivity contribution is 6.42. The smallest absolute Gasteiger partial charge is 0.254 e. The molecule has 1 heterocycles. The van der Waals surface area contributed by atoms with E-state index < -0.39 is 0 Å². The van der Waals surface area contributed by atoms with Crippen LogP contribution in [0.5, 0.6) is 0 Å². The summed E-state index contributed by atoms with van der Waals surface area (Å²) in [6, 6.07) is 5.62. The van der Waals surface area contributed by atoms with E-state index in [0.29, 0.717) is 40.8 Å². The normalized spacial score (nSPS) is 22.8. The van der Waals surface area contributed by atoms with E-state index in [-0.39, 0.29) is 18.3 Å². The minimum Gasteiger partial charge on any atom is -0.336 e. The average Bonchev–Trinajstić information content (AvgIpc) is 2.30. The quantitative estimate of drug-likeness (QED) is 0.860. The van der Waals surface area contributed by atoms with E-state index in [0.717, 1.165) is 0 Å². The third kappa shape index (κ3) is 3.99. The predicted octanol–water partition coefficient (Wildman–Crippen LogP) is 3.24. The lowest BCUT2D eigenvalue weighted by molar-refractivity contribution is 0.0674. The van der Waals surface area contributed by atoms with E-state index in [9.17, 15) is 4.79 Å². The molecular formula is C13H17Cl3N2O. The van der Waals surface area contributed by atoms with Crippen molar-refractivity contribution in [3.63, 3.8) is 0 Å². The lowest BCUT2D eigenvalue weighted by Crippen LogP contribution is -2.55. The van der Waals surface area contributed by atoms with E-state index in [1.807, 2.05) is 4.90 Å². The van der Waals surface area contributed by atoms with Crippen LogP contribution in [0.1, 0.15) is 24.2 Å². The highest BCUT2D eigenvalue weighted by atomic mass is 35.5. The fourth-order valence-corrected chi connectivity index (χ4v) is 2.60. The molecule has 106 valence electrons. The summed E-state index contributed by atoms with van der Waals surface area (Å²) in [7, 11) is 0. The molecule has 1 aliphatic heterocycles. The molecule has 1 fully saturated rings. The van der Waals surface area contributed by atoms with Crippen molar-refractivity contribution in [3.8, 4) is 0 Å². The SMILES string of the molecule is CC1CN(C(=O)c2ccc(Cl)c(Cl)c2)CC(C)N1.Cl. The van der Waals surface area contributed by atoms with Gasteiger partial charge in [0, 0.05) is 30.7 Å².